The molecule has 5 rings (SSSR count). The number of carbonyl (C=O) groups excluding carboxylic acids is 1. The van der Waals surface area contributed by atoms with Gasteiger partial charge in [0, 0.05) is 17.7 Å². The molecule has 28 heavy (non-hydrogen) atoms. The number of rotatable bonds is 2. The number of carbonyl (C=O) groups is 1. The van der Waals surface area contributed by atoms with E-state index in [0.29, 0.717) is 29.2 Å². The molecule has 4 nitrogen and oxygen atoms in total. The molecule has 0 aliphatic carbocycles. The molecule has 0 radical (unpaired) electrons. The van der Waals surface area contributed by atoms with Crippen LogP contribution in [0.25, 0.3) is 0 Å². The average Bonchev–Trinajstić information content (AvgIpc) is 3.21. The van der Waals surface area contributed by atoms with Crippen LogP contribution in [0.2, 0.25) is 0 Å². The number of amides is 1. The maximum absolute atomic E-state index is 14.7. The van der Waals surface area contributed by atoms with Gasteiger partial charge in [-0.1, -0.05) is 42.5 Å². The lowest BCUT2D eigenvalue weighted by molar-refractivity contribution is 0.0691. The van der Waals surface area contributed by atoms with Crippen molar-refractivity contribution in [1.29, 1.82) is 0 Å². The molecule has 2 aliphatic heterocycles. The Balaban J connectivity index is 1.59. The molecule has 1 atom stereocenters. The Morgan fingerprint density at radius 3 is 2.54 bits per heavy atom. The van der Waals surface area contributed by atoms with Crippen LogP contribution in [0.5, 0.6) is 11.5 Å². The predicted octanol–water partition coefficient (Wildman–Crippen LogP) is 4.34. The van der Waals surface area contributed by atoms with Gasteiger partial charge in [0.25, 0.3) is 5.91 Å². The highest BCUT2D eigenvalue weighted by atomic mass is 19.1. The van der Waals surface area contributed by atoms with Gasteiger partial charge < -0.3 is 14.4 Å². The number of benzene rings is 3. The molecule has 3 aromatic carbocycles. The summed E-state index contributed by atoms with van der Waals surface area (Å²) >= 11 is 0. The topological polar surface area (TPSA) is 38.8 Å². The number of fused-ring (bicyclic) bond motifs is 2. The SMILES string of the molecule is O=C(c1ccc2c(c1)OCO2)N1CCc2ccccc2C1c1ccccc1F. The van der Waals surface area contributed by atoms with E-state index in [4.69, 9.17) is 9.47 Å². The van der Waals surface area contributed by atoms with E-state index in [2.05, 4.69) is 0 Å². The van der Waals surface area contributed by atoms with Gasteiger partial charge in [-0.15, -0.1) is 0 Å². The second-order valence-electron chi connectivity index (χ2n) is 6.94. The molecule has 0 bridgehead atoms. The van der Waals surface area contributed by atoms with Gasteiger partial charge in [-0.3, -0.25) is 4.79 Å². The zero-order valence-corrected chi connectivity index (χ0v) is 15.1. The molecule has 140 valence electrons. The minimum absolute atomic E-state index is 0.152. The van der Waals surface area contributed by atoms with Crippen molar-refractivity contribution in [2.45, 2.75) is 12.5 Å². The highest BCUT2D eigenvalue weighted by molar-refractivity contribution is 5.95. The summed E-state index contributed by atoms with van der Waals surface area (Å²) in [6.45, 7) is 0.672. The quantitative estimate of drug-likeness (QED) is 0.669. The zero-order chi connectivity index (χ0) is 19.1. The van der Waals surface area contributed by atoms with E-state index in [1.54, 1.807) is 41.3 Å². The molecule has 0 fully saturated rings. The average molecular weight is 375 g/mol. The van der Waals surface area contributed by atoms with Gasteiger partial charge in [0.2, 0.25) is 6.79 Å². The molecule has 1 amide bonds. The first-order valence-electron chi connectivity index (χ1n) is 9.25. The van der Waals surface area contributed by atoms with Gasteiger partial charge in [0.05, 0.1) is 6.04 Å². The molecular weight excluding hydrogens is 357 g/mol. The summed E-state index contributed by atoms with van der Waals surface area (Å²) in [5.74, 6) is 0.727. The molecule has 3 aromatic rings. The van der Waals surface area contributed by atoms with E-state index in [0.717, 1.165) is 17.5 Å². The van der Waals surface area contributed by atoms with Crippen LogP contribution in [-0.2, 0) is 6.42 Å². The van der Waals surface area contributed by atoms with E-state index in [1.165, 1.54) is 6.07 Å². The highest BCUT2D eigenvalue weighted by Crippen LogP contribution is 2.38. The number of ether oxygens (including phenoxy) is 2. The standard InChI is InChI=1S/C23H18FNO3/c24-19-8-4-3-7-18(19)22-17-6-2-1-5-15(17)11-12-25(22)23(26)16-9-10-20-21(13-16)28-14-27-20/h1-10,13,22H,11-12,14H2. The smallest absolute Gasteiger partial charge is 0.254 e. The second-order valence-corrected chi connectivity index (χ2v) is 6.94. The number of halogens is 1. The largest absolute Gasteiger partial charge is 0.454 e. The van der Waals surface area contributed by atoms with Crippen molar-refractivity contribution in [3.63, 3.8) is 0 Å². The van der Waals surface area contributed by atoms with E-state index in [1.807, 2.05) is 24.3 Å². The Morgan fingerprint density at radius 1 is 0.929 bits per heavy atom. The molecule has 0 spiro atoms. The molecule has 0 aromatic heterocycles. The van der Waals surface area contributed by atoms with Gasteiger partial charge in [-0.25, -0.2) is 4.39 Å². The van der Waals surface area contributed by atoms with Gasteiger partial charge in [-0.05, 0) is 41.8 Å². The maximum Gasteiger partial charge on any atom is 0.254 e. The highest BCUT2D eigenvalue weighted by Gasteiger charge is 2.34. The summed E-state index contributed by atoms with van der Waals surface area (Å²) in [6, 6.07) is 19.3. The van der Waals surface area contributed by atoms with Crippen molar-refractivity contribution in [3.05, 3.63) is 94.8 Å². The lowest BCUT2D eigenvalue weighted by Gasteiger charge is -2.38. The maximum atomic E-state index is 14.7. The Morgan fingerprint density at radius 2 is 1.68 bits per heavy atom. The molecular formula is C23H18FNO3. The predicted molar refractivity (Wildman–Crippen MR) is 102 cm³/mol. The molecule has 0 saturated heterocycles. The van der Waals surface area contributed by atoms with Crippen molar-refractivity contribution in [1.82, 2.24) is 4.90 Å². The molecule has 0 saturated carbocycles. The molecule has 5 heteroatoms. The van der Waals surface area contributed by atoms with E-state index >= 15 is 0 Å². The van der Waals surface area contributed by atoms with Crippen LogP contribution < -0.4 is 9.47 Å². The Kier molecular flexibility index (Phi) is 4.01. The van der Waals surface area contributed by atoms with Crippen LogP contribution in [0, 0.1) is 5.82 Å². The first-order chi connectivity index (χ1) is 13.7. The summed E-state index contributed by atoms with van der Waals surface area (Å²) < 4.78 is 25.5. The van der Waals surface area contributed by atoms with Crippen molar-refractivity contribution in [2.75, 3.05) is 13.3 Å². The summed E-state index contributed by atoms with van der Waals surface area (Å²) in [6.07, 6.45) is 0.734. The van der Waals surface area contributed by atoms with E-state index in [-0.39, 0.29) is 18.5 Å². The van der Waals surface area contributed by atoms with Gasteiger partial charge in [0.15, 0.2) is 11.5 Å². The van der Waals surface area contributed by atoms with Gasteiger partial charge in [-0.2, -0.15) is 0 Å². The fourth-order valence-electron chi connectivity index (χ4n) is 4.01. The third-order valence-corrected chi connectivity index (χ3v) is 5.36. The summed E-state index contributed by atoms with van der Waals surface area (Å²) in [5, 5.41) is 0. The van der Waals surface area contributed by atoms with Gasteiger partial charge >= 0.3 is 0 Å². The van der Waals surface area contributed by atoms with Crippen molar-refractivity contribution in [2.24, 2.45) is 0 Å². The van der Waals surface area contributed by atoms with Crippen LogP contribution in [-0.4, -0.2) is 24.1 Å². The van der Waals surface area contributed by atoms with Crippen molar-refractivity contribution in [3.8, 4) is 11.5 Å². The van der Waals surface area contributed by atoms with E-state index in [9.17, 15) is 9.18 Å². The fraction of sp³-hybridized carbons (Fsp3) is 0.174. The minimum atomic E-state index is -0.468. The molecule has 0 N–H and O–H groups in total. The van der Waals surface area contributed by atoms with E-state index < -0.39 is 6.04 Å². The normalized spacial score (nSPS) is 17.3. The van der Waals surface area contributed by atoms with Gasteiger partial charge in [0.1, 0.15) is 5.82 Å². The van der Waals surface area contributed by atoms with Crippen LogP contribution in [0.4, 0.5) is 4.39 Å². The lowest BCUT2D eigenvalue weighted by atomic mass is 9.87. The molecule has 2 heterocycles. The van der Waals surface area contributed by atoms with Crippen LogP contribution in [0.1, 0.15) is 33.1 Å². The third-order valence-electron chi connectivity index (χ3n) is 5.36. The number of nitrogens with zero attached hydrogens (tertiary/aromatic N) is 1. The number of hydrogen-bond donors (Lipinski definition) is 0. The third kappa shape index (κ3) is 2.71. The second kappa shape index (κ2) is 6.68. The minimum Gasteiger partial charge on any atom is -0.454 e. The Labute approximate surface area is 162 Å². The van der Waals surface area contributed by atoms with Crippen molar-refractivity contribution < 1.29 is 18.7 Å². The molecule has 2 aliphatic rings. The first kappa shape index (κ1) is 16.8. The van der Waals surface area contributed by atoms with Crippen molar-refractivity contribution >= 4 is 5.91 Å². The summed E-state index contributed by atoms with van der Waals surface area (Å²) in [5.41, 5.74) is 3.12. The van der Waals surface area contributed by atoms with Crippen LogP contribution in [0.15, 0.2) is 66.7 Å². The summed E-state index contributed by atoms with van der Waals surface area (Å²) in [7, 11) is 0. The number of hydrogen-bond acceptors (Lipinski definition) is 3. The Bertz CT molecular complexity index is 1070. The summed E-state index contributed by atoms with van der Waals surface area (Å²) in [4.78, 5) is 15.2. The monoisotopic (exact) mass is 375 g/mol. The van der Waals surface area contributed by atoms with Crippen LogP contribution in [0.3, 0.4) is 0 Å². The lowest BCUT2D eigenvalue weighted by Crippen LogP contribution is -2.41. The molecule has 1 unspecified atom stereocenters. The Hall–Kier alpha value is -3.34. The zero-order valence-electron chi connectivity index (χ0n) is 15.1. The first-order valence-corrected chi connectivity index (χ1v) is 9.25. The fourth-order valence-corrected chi connectivity index (χ4v) is 4.01. The van der Waals surface area contributed by atoms with Crippen LogP contribution >= 0.6 is 0 Å².